The predicted octanol–water partition coefficient (Wildman–Crippen LogP) is 2.75. The average Bonchev–Trinajstić information content (AvgIpc) is 2.84. The van der Waals surface area contributed by atoms with E-state index in [9.17, 15) is 14.4 Å². The van der Waals surface area contributed by atoms with E-state index in [1.165, 1.54) is 17.0 Å². The lowest BCUT2D eigenvalue weighted by molar-refractivity contribution is -0.121. The van der Waals surface area contributed by atoms with Crippen molar-refractivity contribution in [2.75, 3.05) is 10.2 Å². The Balaban J connectivity index is 1.87. The molecule has 6 nitrogen and oxygen atoms in total. The Morgan fingerprint density at radius 1 is 1.12 bits per heavy atom. The first-order valence-electron chi connectivity index (χ1n) is 7.91. The highest BCUT2D eigenvalue weighted by Gasteiger charge is 2.40. The summed E-state index contributed by atoms with van der Waals surface area (Å²) in [6.45, 7) is 3.66. The van der Waals surface area contributed by atoms with Gasteiger partial charge in [0, 0.05) is 5.69 Å². The SMILES string of the molecule is Cc1ccc(C(=O)O)cc1N[C@@H]1CC(=O)N(c2ccccc2C)C1=O. The Morgan fingerprint density at radius 3 is 2.52 bits per heavy atom. The lowest BCUT2D eigenvalue weighted by Crippen LogP contribution is -2.35. The smallest absolute Gasteiger partial charge is 0.335 e. The number of imide groups is 1. The van der Waals surface area contributed by atoms with Gasteiger partial charge in [0.25, 0.3) is 5.91 Å². The van der Waals surface area contributed by atoms with Crippen molar-refractivity contribution in [3.05, 3.63) is 59.2 Å². The van der Waals surface area contributed by atoms with Crippen LogP contribution >= 0.6 is 0 Å². The molecule has 2 aromatic rings. The Hall–Kier alpha value is -3.15. The van der Waals surface area contributed by atoms with E-state index in [2.05, 4.69) is 5.32 Å². The molecule has 1 heterocycles. The van der Waals surface area contributed by atoms with Crippen LogP contribution in [0.5, 0.6) is 0 Å². The van der Waals surface area contributed by atoms with Crippen LogP contribution in [-0.2, 0) is 9.59 Å². The monoisotopic (exact) mass is 338 g/mol. The number of carboxylic acid groups (broad SMARTS) is 1. The highest BCUT2D eigenvalue weighted by atomic mass is 16.4. The van der Waals surface area contributed by atoms with Crippen LogP contribution in [0.4, 0.5) is 11.4 Å². The number of amides is 2. The largest absolute Gasteiger partial charge is 0.478 e. The van der Waals surface area contributed by atoms with Crippen LogP contribution in [0.2, 0.25) is 0 Å². The minimum atomic E-state index is -1.04. The van der Waals surface area contributed by atoms with E-state index in [0.29, 0.717) is 11.4 Å². The third-order valence-corrected chi connectivity index (χ3v) is 4.32. The summed E-state index contributed by atoms with van der Waals surface area (Å²) in [4.78, 5) is 37.4. The van der Waals surface area contributed by atoms with Crippen molar-refractivity contribution >= 4 is 29.2 Å². The zero-order valence-corrected chi connectivity index (χ0v) is 13.9. The van der Waals surface area contributed by atoms with Crippen molar-refractivity contribution < 1.29 is 19.5 Å². The van der Waals surface area contributed by atoms with E-state index >= 15 is 0 Å². The molecule has 0 saturated carbocycles. The van der Waals surface area contributed by atoms with Crippen LogP contribution in [-0.4, -0.2) is 28.9 Å². The van der Waals surface area contributed by atoms with E-state index in [-0.39, 0.29) is 23.8 Å². The lowest BCUT2D eigenvalue weighted by Gasteiger charge is -2.18. The lowest BCUT2D eigenvalue weighted by atomic mass is 10.1. The molecule has 1 aliphatic heterocycles. The van der Waals surface area contributed by atoms with Gasteiger partial charge in [0.05, 0.1) is 17.7 Å². The Bertz CT molecular complexity index is 875. The van der Waals surface area contributed by atoms with Crippen molar-refractivity contribution in [3.63, 3.8) is 0 Å². The summed E-state index contributed by atoms with van der Waals surface area (Å²) in [5.74, 6) is -1.65. The van der Waals surface area contributed by atoms with Crippen LogP contribution in [0, 0.1) is 13.8 Å². The summed E-state index contributed by atoms with van der Waals surface area (Å²) >= 11 is 0. The Kier molecular flexibility index (Phi) is 4.27. The summed E-state index contributed by atoms with van der Waals surface area (Å²) in [6, 6.07) is 11.2. The van der Waals surface area contributed by atoms with E-state index in [4.69, 9.17) is 5.11 Å². The molecule has 128 valence electrons. The van der Waals surface area contributed by atoms with Gasteiger partial charge in [0.1, 0.15) is 6.04 Å². The zero-order chi connectivity index (χ0) is 18.1. The maximum Gasteiger partial charge on any atom is 0.335 e. The van der Waals surface area contributed by atoms with Crippen molar-refractivity contribution in [1.29, 1.82) is 0 Å². The molecular weight excluding hydrogens is 320 g/mol. The van der Waals surface area contributed by atoms with Gasteiger partial charge in [-0.25, -0.2) is 9.69 Å². The zero-order valence-electron chi connectivity index (χ0n) is 13.9. The molecule has 3 rings (SSSR count). The first-order chi connectivity index (χ1) is 11.9. The fourth-order valence-corrected chi connectivity index (χ4v) is 2.91. The maximum atomic E-state index is 12.7. The fraction of sp³-hybridized carbons (Fsp3) is 0.211. The number of rotatable bonds is 4. The molecule has 0 bridgehead atoms. The van der Waals surface area contributed by atoms with Gasteiger partial charge in [-0.2, -0.15) is 0 Å². The van der Waals surface area contributed by atoms with E-state index in [1.54, 1.807) is 18.2 Å². The van der Waals surface area contributed by atoms with Crippen molar-refractivity contribution in [2.45, 2.75) is 26.3 Å². The second-order valence-corrected chi connectivity index (χ2v) is 6.09. The molecule has 0 aliphatic carbocycles. The van der Waals surface area contributed by atoms with Crippen molar-refractivity contribution in [3.8, 4) is 0 Å². The molecule has 1 atom stereocenters. The molecule has 1 saturated heterocycles. The quantitative estimate of drug-likeness (QED) is 0.837. The number of carbonyl (C=O) groups excluding carboxylic acids is 2. The molecule has 1 fully saturated rings. The number of hydrogen-bond acceptors (Lipinski definition) is 4. The summed E-state index contributed by atoms with van der Waals surface area (Å²) in [5.41, 5.74) is 2.89. The summed E-state index contributed by atoms with van der Waals surface area (Å²) < 4.78 is 0. The molecule has 0 unspecified atom stereocenters. The number of nitrogens with zero attached hydrogens (tertiary/aromatic N) is 1. The topological polar surface area (TPSA) is 86.7 Å². The highest BCUT2D eigenvalue weighted by Crippen LogP contribution is 2.28. The number of anilines is 2. The number of carboxylic acids is 1. The number of aryl methyl sites for hydroxylation is 2. The maximum absolute atomic E-state index is 12.7. The molecule has 0 spiro atoms. The second kappa shape index (κ2) is 6.39. The van der Waals surface area contributed by atoms with Crippen molar-refractivity contribution in [1.82, 2.24) is 0 Å². The van der Waals surface area contributed by atoms with Crippen LogP contribution in [0.1, 0.15) is 27.9 Å². The normalized spacial score (nSPS) is 17.0. The van der Waals surface area contributed by atoms with Gasteiger partial charge < -0.3 is 10.4 Å². The highest BCUT2D eigenvalue weighted by molar-refractivity contribution is 6.23. The predicted molar refractivity (Wildman–Crippen MR) is 93.8 cm³/mol. The van der Waals surface area contributed by atoms with Gasteiger partial charge >= 0.3 is 5.97 Å². The molecule has 25 heavy (non-hydrogen) atoms. The van der Waals surface area contributed by atoms with E-state index in [1.807, 2.05) is 26.0 Å². The first kappa shape index (κ1) is 16.7. The molecule has 0 radical (unpaired) electrons. The minimum absolute atomic E-state index is 0.0317. The van der Waals surface area contributed by atoms with Gasteiger partial charge in [-0.3, -0.25) is 9.59 Å². The standard InChI is InChI=1S/C19H18N2O4/c1-11-7-8-13(19(24)25)9-14(11)20-15-10-17(22)21(18(15)23)16-6-4-3-5-12(16)2/h3-9,15,20H,10H2,1-2H3,(H,24,25)/t15-/m1/s1. The number of hydrogen-bond donors (Lipinski definition) is 2. The number of para-hydroxylation sites is 1. The molecule has 6 heteroatoms. The van der Waals surface area contributed by atoms with Gasteiger partial charge in [0.15, 0.2) is 0 Å². The molecular formula is C19H18N2O4. The van der Waals surface area contributed by atoms with Crippen LogP contribution in [0.15, 0.2) is 42.5 Å². The van der Waals surface area contributed by atoms with Crippen LogP contribution in [0.3, 0.4) is 0 Å². The Morgan fingerprint density at radius 2 is 1.84 bits per heavy atom. The third-order valence-electron chi connectivity index (χ3n) is 4.32. The van der Waals surface area contributed by atoms with Crippen LogP contribution < -0.4 is 10.2 Å². The van der Waals surface area contributed by atoms with Gasteiger partial charge in [-0.05, 0) is 43.2 Å². The van der Waals surface area contributed by atoms with Gasteiger partial charge in [0.2, 0.25) is 5.91 Å². The molecule has 1 aliphatic rings. The van der Waals surface area contributed by atoms with E-state index in [0.717, 1.165) is 11.1 Å². The van der Waals surface area contributed by atoms with Gasteiger partial charge in [-0.15, -0.1) is 0 Å². The first-order valence-corrected chi connectivity index (χ1v) is 7.91. The number of carbonyl (C=O) groups is 3. The second-order valence-electron chi connectivity index (χ2n) is 6.09. The molecule has 2 amide bonds. The molecule has 2 N–H and O–H groups in total. The molecule has 2 aromatic carbocycles. The summed E-state index contributed by atoms with van der Waals surface area (Å²) in [7, 11) is 0. The number of benzene rings is 2. The van der Waals surface area contributed by atoms with Gasteiger partial charge in [-0.1, -0.05) is 24.3 Å². The summed E-state index contributed by atoms with van der Waals surface area (Å²) in [5, 5.41) is 12.1. The third kappa shape index (κ3) is 3.10. The number of nitrogens with one attached hydrogen (secondary N) is 1. The fourth-order valence-electron chi connectivity index (χ4n) is 2.91. The minimum Gasteiger partial charge on any atom is -0.478 e. The summed E-state index contributed by atoms with van der Waals surface area (Å²) in [6.07, 6.45) is 0.0317. The number of aromatic carboxylic acids is 1. The Labute approximate surface area is 145 Å². The average molecular weight is 338 g/mol. The van der Waals surface area contributed by atoms with Crippen molar-refractivity contribution in [2.24, 2.45) is 0 Å². The van der Waals surface area contributed by atoms with E-state index < -0.39 is 12.0 Å². The van der Waals surface area contributed by atoms with Crippen LogP contribution in [0.25, 0.3) is 0 Å². The molecule has 0 aromatic heterocycles.